The maximum absolute atomic E-state index is 12.5. The van der Waals surface area contributed by atoms with Gasteiger partial charge in [-0.3, -0.25) is 14.4 Å². The summed E-state index contributed by atoms with van der Waals surface area (Å²) in [5.74, 6) is 0.750. The first kappa shape index (κ1) is 18.1. The van der Waals surface area contributed by atoms with E-state index in [1.54, 1.807) is 11.7 Å². The Morgan fingerprint density at radius 2 is 2.12 bits per heavy atom. The van der Waals surface area contributed by atoms with E-state index in [1.165, 1.54) is 4.90 Å². The van der Waals surface area contributed by atoms with Crippen molar-refractivity contribution in [3.05, 3.63) is 35.7 Å². The summed E-state index contributed by atoms with van der Waals surface area (Å²) in [7, 11) is 3.57. The molecule has 2 aromatic rings. The first-order valence-corrected chi connectivity index (χ1v) is 8.76. The third kappa shape index (κ3) is 3.77. The van der Waals surface area contributed by atoms with Gasteiger partial charge in [0.15, 0.2) is 0 Å². The highest BCUT2D eigenvalue weighted by atomic mass is 16.3. The molecule has 1 fully saturated rings. The van der Waals surface area contributed by atoms with E-state index in [9.17, 15) is 9.90 Å². The first-order valence-electron chi connectivity index (χ1n) is 8.76. The van der Waals surface area contributed by atoms with Gasteiger partial charge >= 0.3 is 0 Å². The molecular weight excluding hydrogens is 330 g/mol. The number of benzene rings is 1. The molecular formula is C19H25N5O2. The number of rotatable bonds is 5. The lowest BCUT2D eigenvalue weighted by molar-refractivity contribution is -0.121. The number of hydrogen-bond donors (Lipinski definition) is 2. The molecule has 0 aliphatic carbocycles. The van der Waals surface area contributed by atoms with Crippen LogP contribution in [0, 0.1) is 5.92 Å². The molecule has 2 heterocycles. The van der Waals surface area contributed by atoms with E-state index in [1.807, 2.05) is 37.5 Å². The molecule has 1 amide bonds. The number of aliphatic hydroxyl groups is 1. The Balaban J connectivity index is 1.85. The molecule has 0 radical (unpaired) electrons. The highest BCUT2D eigenvalue weighted by Crippen LogP contribution is 2.19. The number of hydrogen-bond acceptors (Lipinski definition) is 4. The number of aliphatic imine (C=N–C) groups is 1. The van der Waals surface area contributed by atoms with Crippen LogP contribution in [-0.2, 0) is 11.8 Å². The van der Waals surface area contributed by atoms with Gasteiger partial charge in [0.2, 0.25) is 5.96 Å². The zero-order valence-corrected chi connectivity index (χ0v) is 15.6. The zero-order valence-electron chi connectivity index (χ0n) is 15.6. The molecule has 1 saturated heterocycles. The van der Waals surface area contributed by atoms with Crippen molar-refractivity contribution >= 4 is 28.8 Å². The van der Waals surface area contributed by atoms with Crippen molar-refractivity contribution in [2.45, 2.75) is 26.3 Å². The van der Waals surface area contributed by atoms with Crippen LogP contribution in [0.2, 0.25) is 0 Å². The standard InChI is InChI=1S/C19H25N5O2/c1-12(2)7-15(11-25)20-19-21-17(18(26)24(19)4)9-13-5-6-16-14(8-13)10-23(3)22-16/h5-6,8-10,12,15,25H,7,11H2,1-4H3,(H,20,21)/b17-9-/t15-/m1/s1. The molecule has 0 unspecified atom stereocenters. The van der Waals surface area contributed by atoms with Crippen LogP contribution in [0.1, 0.15) is 25.8 Å². The number of amides is 1. The summed E-state index contributed by atoms with van der Waals surface area (Å²) in [5, 5.41) is 18.0. The Kier molecular flexibility index (Phi) is 5.08. The number of guanidine groups is 1. The van der Waals surface area contributed by atoms with E-state index in [4.69, 9.17) is 0 Å². The van der Waals surface area contributed by atoms with Crippen molar-refractivity contribution in [2.75, 3.05) is 13.7 Å². The number of carbonyl (C=O) groups is 1. The molecule has 0 saturated carbocycles. The molecule has 1 aliphatic rings. The molecule has 138 valence electrons. The van der Waals surface area contributed by atoms with Crippen LogP contribution in [0.25, 0.3) is 17.0 Å². The number of fused-ring (bicyclic) bond motifs is 1. The third-order valence-corrected chi connectivity index (χ3v) is 4.31. The summed E-state index contributed by atoms with van der Waals surface area (Å²) in [6.45, 7) is 4.13. The summed E-state index contributed by atoms with van der Waals surface area (Å²) in [4.78, 5) is 18.5. The van der Waals surface area contributed by atoms with Crippen molar-refractivity contribution in [3.8, 4) is 0 Å². The van der Waals surface area contributed by atoms with Crippen LogP contribution >= 0.6 is 0 Å². The highest BCUT2D eigenvalue weighted by molar-refractivity contribution is 6.15. The zero-order chi connectivity index (χ0) is 18.8. The normalized spacial score (nSPS) is 19.2. The summed E-state index contributed by atoms with van der Waals surface area (Å²) in [6.07, 6.45) is 4.52. The van der Waals surface area contributed by atoms with Crippen LogP contribution < -0.4 is 5.32 Å². The molecule has 3 rings (SSSR count). The number of aliphatic hydroxyl groups excluding tert-OH is 1. The quantitative estimate of drug-likeness (QED) is 0.801. The van der Waals surface area contributed by atoms with Crippen LogP contribution in [-0.4, -0.2) is 51.4 Å². The number of aryl methyl sites for hydroxylation is 1. The Bertz CT molecular complexity index is 881. The SMILES string of the molecule is CC(C)C[C@H](CO)N=C1N/C(=C\c2ccc3nn(C)cc3c2)C(=O)N1C. The van der Waals surface area contributed by atoms with Gasteiger partial charge in [-0.1, -0.05) is 19.9 Å². The average molecular weight is 355 g/mol. The largest absolute Gasteiger partial charge is 0.394 e. The monoisotopic (exact) mass is 355 g/mol. The van der Waals surface area contributed by atoms with E-state index in [0.717, 1.165) is 22.9 Å². The van der Waals surface area contributed by atoms with Gasteiger partial charge in [-0.2, -0.15) is 5.10 Å². The molecule has 1 aromatic carbocycles. The van der Waals surface area contributed by atoms with Crippen molar-refractivity contribution in [3.63, 3.8) is 0 Å². The van der Waals surface area contributed by atoms with Gasteiger partial charge in [-0.05, 0) is 36.1 Å². The molecule has 7 heteroatoms. The fourth-order valence-corrected chi connectivity index (χ4v) is 3.06. The fraction of sp³-hybridized carbons (Fsp3) is 0.421. The summed E-state index contributed by atoms with van der Waals surface area (Å²) >= 11 is 0. The average Bonchev–Trinajstić information content (AvgIpc) is 3.08. The summed E-state index contributed by atoms with van der Waals surface area (Å²) < 4.78 is 1.77. The molecule has 1 atom stereocenters. The first-order chi connectivity index (χ1) is 12.4. The van der Waals surface area contributed by atoms with Crippen LogP contribution in [0.5, 0.6) is 0 Å². The van der Waals surface area contributed by atoms with E-state index >= 15 is 0 Å². The van der Waals surface area contributed by atoms with Crippen LogP contribution in [0.15, 0.2) is 35.1 Å². The molecule has 0 bridgehead atoms. The van der Waals surface area contributed by atoms with Gasteiger partial charge in [-0.15, -0.1) is 0 Å². The minimum Gasteiger partial charge on any atom is -0.394 e. The van der Waals surface area contributed by atoms with Crippen LogP contribution in [0.3, 0.4) is 0 Å². The third-order valence-electron chi connectivity index (χ3n) is 4.31. The number of nitrogens with zero attached hydrogens (tertiary/aromatic N) is 4. The molecule has 1 aromatic heterocycles. The second-order valence-electron chi connectivity index (χ2n) is 7.09. The van der Waals surface area contributed by atoms with Crippen molar-refractivity contribution in [1.29, 1.82) is 0 Å². The number of likely N-dealkylation sites (N-methyl/N-ethyl adjacent to an activating group) is 1. The Morgan fingerprint density at radius 1 is 1.35 bits per heavy atom. The molecule has 0 spiro atoms. The van der Waals surface area contributed by atoms with E-state index < -0.39 is 0 Å². The minimum atomic E-state index is -0.223. The van der Waals surface area contributed by atoms with E-state index in [2.05, 4.69) is 29.3 Å². The van der Waals surface area contributed by atoms with E-state index in [-0.39, 0.29) is 18.6 Å². The van der Waals surface area contributed by atoms with E-state index in [0.29, 0.717) is 17.6 Å². The molecule has 7 nitrogen and oxygen atoms in total. The van der Waals surface area contributed by atoms with Gasteiger partial charge in [0.25, 0.3) is 5.91 Å². The number of aromatic nitrogens is 2. The van der Waals surface area contributed by atoms with Crippen LogP contribution in [0.4, 0.5) is 0 Å². The van der Waals surface area contributed by atoms with Gasteiger partial charge in [-0.25, -0.2) is 4.99 Å². The summed E-state index contributed by atoms with van der Waals surface area (Å²) in [6, 6.07) is 5.64. The summed E-state index contributed by atoms with van der Waals surface area (Å²) in [5.41, 5.74) is 2.30. The lowest BCUT2D eigenvalue weighted by atomic mass is 10.1. The Morgan fingerprint density at radius 3 is 2.81 bits per heavy atom. The number of carbonyl (C=O) groups excluding carboxylic acids is 1. The fourth-order valence-electron chi connectivity index (χ4n) is 3.06. The lowest BCUT2D eigenvalue weighted by Gasteiger charge is -2.15. The minimum absolute atomic E-state index is 0.0396. The van der Waals surface area contributed by atoms with Crippen molar-refractivity contribution < 1.29 is 9.90 Å². The number of nitrogens with one attached hydrogen (secondary N) is 1. The predicted molar refractivity (Wildman–Crippen MR) is 102 cm³/mol. The lowest BCUT2D eigenvalue weighted by Crippen LogP contribution is -2.31. The molecule has 1 aliphatic heterocycles. The maximum Gasteiger partial charge on any atom is 0.276 e. The Hall–Kier alpha value is -2.67. The molecule has 2 N–H and O–H groups in total. The van der Waals surface area contributed by atoms with Gasteiger partial charge in [0, 0.05) is 25.7 Å². The van der Waals surface area contributed by atoms with Crippen molar-refractivity contribution in [2.24, 2.45) is 18.0 Å². The van der Waals surface area contributed by atoms with Gasteiger partial charge in [0.1, 0.15) is 5.70 Å². The highest BCUT2D eigenvalue weighted by Gasteiger charge is 2.29. The Labute approximate surface area is 153 Å². The predicted octanol–water partition coefficient (Wildman–Crippen LogP) is 1.74. The van der Waals surface area contributed by atoms with Crippen molar-refractivity contribution in [1.82, 2.24) is 20.0 Å². The molecule has 26 heavy (non-hydrogen) atoms. The maximum atomic E-state index is 12.5. The second-order valence-corrected chi connectivity index (χ2v) is 7.09. The topological polar surface area (TPSA) is 82.8 Å². The van der Waals surface area contributed by atoms with Gasteiger partial charge in [0.05, 0.1) is 18.2 Å². The van der Waals surface area contributed by atoms with Gasteiger partial charge < -0.3 is 10.4 Å². The smallest absolute Gasteiger partial charge is 0.276 e. The second kappa shape index (κ2) is 7.29.